The van der Waals surface area contributed by atoms with Crippen molar-refractivity contribution in [2.24, 2.45) is 5.73 Å². The molecule has 1 aromatic carbocycles. The molecule has 25 heavy (non-hydrogen) atoms. The van der Waals surface area contributed by atoms with Gasteiger partial charge in [0.25, 0.3) is 0 Å². The fraction of sp³-hybridized carbons (Fsp3) is 0.545. The molecule has 0 spiro atoms. The lowest BCUT2D eigenvalue weighted by atomic mass is 10.0. The Hall–Kier alpha value is -2.10. The second-order valence-electron chi connectivity index (χ2n) is 6.15. The molecule has 0 saturated heterocycles. The summed E-state index contributed by atoms with van der Waals surface area (Å²) in [6.45, 7) is 4.05. The summed E-state index contributed by atoms with van der Waals surface area (Å²) in [6, 6.07) is 4.16. The Bertz CT molecular complexity index is 536. The highest BCUT2D eigenvalue weighted by Crippen LogP contribution is 2.32. The second-order valence-corrected chi connectivity index (χ2v) is 6.15. The van der Waals surface area contributed by atoms with E-state index in [9.17, 15) is 0 Å². The van der Waals surface area contributed by atoms with E-state index in [0.717, 1.165) is 74.0 Å². The molecule has 2 N–H and O–H groups in total. The Labute approximate surface area is 153 Å². The summed E-state index contributed by atoms with van der Waals surface area (Å²) < 4.78 is 12.1. The Kier molecular flexibility index (Phi) is 11.1. The monoisotopic (exact) mass is 341 g/mol. The Morgan fingerprint density at radius 2 is 1.40 bits per heavy atom. The third-order valence-corrected chi connectivity index (χ3v) is 3.89. The first kappa shape index (κ1) is 20.9. The van der Waals surface area contributed by atoms with E-state index in [1.54, 1.807) is 0 Å². The number of unbranched alkanes of at least 4 members (excludes halogenated alkanes) is 4. The molecule has 0 aromatic heterocycles. The number of benzene rings is 1. The van der Waals surface area contributed by atoms with Crippen molar-refractivity contribution in [1.29, 1.82) is 0 Å². The molecule has 0 aliphatic rings. The van der Waals surface area contributed by atoms with E-state index < -0.39 is 0 Å². The molecular formula is C22H31NO2. The van der Waals surface area contributed by atoms with Crippen molar-refractivity contribution in [3.8, 4) is 36.2 Å². The van der Waals surface area contributed by atoms with Crippen LogP contribution in [0, 0.1) is 31.6 Å². The molecule has 136 valence electrons. The molecule has 3 heteroatoms. The van der Waals surface area contributed by atoms with Crippen LogP contribution in [0.25, 0.3) is 0 Å². The van der Waals surface area contributed by atoms with Crippen LogP contribution in [0.4, 0.5) is 0 Å². The zero-order valence-electron chi connectivity index (χ0n) is 15.5. The van der Waals surface area contributed by atoms with Gasteiger partial charge in [-0.15, -0.1) is 24.7 Å². The summed E-state index contributed by atoms with van der Waals surface area (Å²) in [5, 5.41) is 0. The third-order valence-electron chi connectivity index (χ3n) is 3.89. The van der Waals surface area contributed by atoms with Gasteiger partial charge in [-0.2, -0.15) is 0 Å². The highest BCUT2D eigenvalue weighted by Gasteiger charge is 2.12. The summed E-state index contributed by atoms with van der Waals surface area (Å²) in [6.07, 6.45) is 17.8. The summed E-state index contributed by atoms with van der Waals surface area (Å²) in [5.74, 6) is 7.14. The molecule has 0 unspecified atom stereocenters. The van der Waals surface area contributed by atoms with E-state index in [4.69, 9.17) is 28.1 Å². The normalized spacial score (nSPS) is 10.1. The van der Waals surface area contributed by atoms with Crippen molar-refractivity contribution in [3.05, 3.63) is 23.3 Å². The zero-order valence-corrected chi connectivity index (χ0v) is 15.5. The third kappa shape index (κ3) is 8.52. The first-order chi connectivity index (χ1) is 12.2. The van der Waals surface area contributed by atoms with Crippen molar-refractivity contribution >= 4 is 0 Å². The van der Waals surface area contributed by atoms with E-state index in [0.29, 0.717) is 19.8 Å². The molecule has 0 heterocycles. The average molecular weight is 341 g/mol. The highest BCUT2D eigenvalue weighted by molar-refractivity contribution is 5.48. The Morgan fingerprint density at radius 3 is 1.84 bits per heavy atom. The van der Waals surface area contributed by atoms with Crippen LogP contribution in [-0.2, 0) is 6.42 Å². The quantitative estimate of drug-likeness (QED) is 0.431. The van der Waals surface area contributed by atoms with Gasteiger partial charge >= 0.3 is 0 Å². The largest absolute Gasteiger partial charge is 0.493 e. The highest BCUT2D eigenvalue weighted by atomic mass is 16.5. The molecular weight excluding hydrogens is 310 g/mol. The minimum absolute atomic E-state index is 0.650. The summed E-state index contributed by atoms with van der Waals surface area (Å²) in [4.78, 5) is 0. The lowest BCUT2D eigenvalue weighted by Gasteiger charge is -2.17. The van der Waals surface area contributed by atoms with Crippen molar-refractivity contribution in [3.63, 3.8) is 0 Å². The standard InChI is InChI=1S/C22H31NO2/c1-4-6-8-10-15-24-21-17-19(3)18-22(20(21)13-12-14-23)25-16-11-9-7-5-2/h1-2,17-18H,6-16,23H2,3H3. The first-order valence-corrected chi connectivity index (χ1v) is 9.19. The van der Waals surface area contributed by atoms with Crippen molar-refractivity contribution in [2.75, 3.05) is 19.8 Å². The van der Waals surface area contributed by atoms with E-state index in [1.807, 2.05) is 0 Å². The van der Waals surface area contributed by atoms with Crippen molar-refractivity contribution in [2.45, 2.75) is 58.3 Å². The molecule has 0 amide bonds. The van der Waals surface area contributed by atoms with E-state index in [-0.39, 0.29) is 0 Å². The van der Waals surface area contributed by atoms with Crippen LogP contribution < -0.4 is 15.2 Å². The van der Waals surface area contributed by atoms with Gasteiger partial charge in [0.05, 0.1) is 13.2 Å². The molecule has 1 rings (SSSR count). The Balaban J connectivity index is 2.75. The SMILES string of the molecule is C#CCCCCOc1cc(C)cc(OCCCCC#C)c1CCCN. The summed E-state index contributed by atoms with van der Waals surface area (Å²) in [5.41, 5.74) is 7.95. The second kappa shape index (κ2) is 13.2. The molecule has 0 radical (unpaired) electrons. The molecule has 1 aromatic rings. The molecule has 0 saturated carbocycles. The van der Waals surface area contributed by atoms with Gasteiger partial charge in [0.1, 0.15) is 11.5 Å². The van der Waals surface area contributed by atoms with Gasteiger partial charge in [-0.3, -0.25) is 0 Å². The molecule has 0 bridgehead atoms. The summed E-state index contributed by atoms with van der Waals surface area (Å²) in [7, 11) is 0. The van der Waals surface area contributed by atoms with Crippen molar-refractivity contribution in [1.82, 2.24) is 0 Å². The molecule has 3 nitrogen and oxygen atoms in total. The van der Waals surface area contributed by atoms with Crippen LogP contribution in [0.15, 0.2) is 12.1 Å². The van der Waals surface area contributed by atoms with Crippen LogP contribution in [-0.4, -0.2) is 19.8 Å². The number of hydrogen-bond donors (Lipinski definition) is 1. The van der Waals surface area contributed by atoms with Gasteiger partial charge in [0.15, 0.2) is 0 Å². The molecule has 0 atom stereocenters. The predicted octanol–water partition coefficient (Wildman–Crippen LogP) is 4.25. The van der Waals surface area contributed by atoms with E-state index in [1.165, 1.54) is 0 Å². The van der Waals surface area contributed by atoms with Gasteiger partial charge in [-0.05, 0) is 69.7 Å². The molecule has 0 aliphatic carbocycles. The smallest absolute Gasteiger partial charge is 0.126 e. The molecule has 0 aliphatic heterocycles. The lowest BCUT2D eigenvalue weighted by molar-refractivity contribution is 0.286. The fourth-order valence-electron chi connectivity index (χ4n) is 2.56. The maximum Gasteiger partial charge on any atom is 0.126 e. The summed E-state index contributed by atoms with van der Waals surface area (Å²) >= 11 is 0. The van der Waals surface area contributed by atoms with Crippen LogP contribution in [0.5, 0.6) is 11.5 Å². The van der Waals surface area contributed by atoms with Crippen LogP contribution in [0.1, 0.15) is 56.1 Å². The van der Waals surface area contributed by atoms with Crippen LogP contribution >= 0.6 is 0 Å². The maximum absolute atomic E-state index is 6.03. The average Bonchev–Trinajstić information content (AvgIpc) is 2.60. The topological polar surface area (TPSA) is 44.5 Å². The fourth-order valence-corrected chi connectivity index (χ4v) is 2.56. The number of aryl methyl sites for hydroxylation is 1. The van der Waals surface area contributed by atoms with Gasteiger partial charge in [0.2, 0.25) is 0 Å². The lowest BCUT2D eigenvalue weighted by Crippen LogP contribution is -2.07. The number of ether oxygens (including phenoxy) is 2. The van der Waals surface area contributed by atoms with Gasteiger partial charge in [-0.25, -0.2) is 0 Å². The Morgan fingerprint density at radius 1 is 0.880 bits per heavy atom. The van der Waals surface area contributed by atoms with Gasteiger partial charge < -0.3 is 15.2 Å². The van der Waals surface area contributed by atoms with Crippen LogP contribution in [0.3, 0.4) is 0 Å². The minimum Gasteiger partial charge on any atom is -0.493 e. The van der Waals surface area contributed by atoms with E-state index >= 15 is 0 Å². The van der Waals surface area contributed by atoms with Crippen molar-refractivity contribution < 1.29 is 9.47 Å². The van der Waals surface area contributed by atoms with Gasteiger partial charge in [-0.1, -0.05) is 0 Å². The van der Waals surface area contributed by atoms with E-state index in [2.05, 4.69) is 30.9 Å². The number of hydrogen-bond acceptors (Lipinski definition) is 3. The maximum atomic E-state index is 6.03. The first-order valence-electron chi connectivity index (χ1n) is 9.19. The van der Waals surface area contributed by atoms with Crippen LogP contribution in [0.2, 0.25) is 0 Å². The van der Waals surface area contributed by atoms with Gasteiger partial charge in [0, 0.05) is 18.4 Å². The molecule has 0 fully saturated rings. The number of rotatable bonds is 13. The number of nitrogens with two attached hydrogens (primary N) is 1. The minimum atomic E-state index is 0.650. The predicted molar refractivity (Wildman–Crippen MR) is 105 cm³/mol. The number of terminal acetylenes is 2. The zero-order chi connectivity index (χ0) is 18.3.